The summed E-state index contributed by atoms with van der Waals surface area (Å²) in [5.41, 5.74) is 1.04. The second-order valence-electron chi connectivity index (χ2n) is 8.38. The lowest BCUT2D eigenvalue weighted by molar-refractivity contribution is -0.142. The van der Waals surface area contributed by atoms with E-state index < -0.39 is 30.1 Å². The number of benzene rings is 3. The molecule has 3 aromatic rings. The Morgan fingerprint density at radius 1 is 0.800 bits per heavy atom. The molecule has 0 unspecified atom stereocenters. The number of aliphatic hydroxyl groups excluding tert-OH is 1. The van der Waals surface area contributed by atoms with E-state index in [9.17, 15) is 19.5 Å². The van der Waals surface area contributed by atoms with E-state index in [1.54, 1.807) is 54.6 Å². The molecule has 10 heteroatoms. The Bertz CT molecular complexity index is 1350. The van der Waals surface area contributed by atoms with Crippen molar-refractivity contribution >= 4 is 24.0 Å². The van der Waals surface area contributed by atoms with Gasteiger partial charge in [0.15, 0.2) is 29.1 Å². The molecule has 0 fully saturated rings. The van der Waals surface area contributed by atoms with Crippen LogP contribution >= 0.6 is 0 Å². The first-order valence-corrected chi connectivity index (χ1v) is 12.2. The largest absolute Gasteiger partial charge is 0.493 e. The Hall–Kier alpha value is -4.83. The van der Waals surface area contributed by atoms with Crippen LogP contribution in [-0.4, -0.2) is 49.9 Å². The van der Waals surface area contributed by atoms with Crippen molar-refractivity contribution < 1.29 is 47.9 Å². The highest BCUT2D eigenvalue weighted by Crippen LogP contribution is 2.34. The summed E-state index contributed by atoms with van der Waals surface area (Å²) in [7, 11) is 2.88. The molecule has 3 rings (SSSR count). The van der Waals surface area contributed by atoms with E-state index in [4.69, 9.17) is 28.4 Å². The minimum absolute atomic E-state index is 0.186. The Labute approximate surface area is 231 Å². The van der Waals surface area contributed by atoms with Gasteiger partial charge in [0.1, 0.15) is 18.5 Å². The lowest BCUT2D eigenvalue weighted by Crippen LogP contribution is -2.31. The first kappa shape index (κ1) is 29.7. The second-order valence-corrected chi connectivity index (χ2v) is 8.38. The molecule has 0 aliphatic heterocycles. The molecular formula is C30H30O10. The molecule has 0 aliphatic carbocycles. The third-order valence-corrected chi connectivity index (χ3v) is 5.43. The highest BCUT2D eigenvalue weighted by Gasteiger charge is 2.27. The SMILES string of the molecule is COc1cc([C@@H](O)[C@@H](COC(=O)/C=C/c2ccc(OC(C)=O)cc2)Oc2ccccc2OC)ccc1OC(C)=O. The quantitative estimate of drug-likeness (QED) is 0.198. The summed E-state index contributed by atoms with van der Waals surface area (Å²) in [5.74, 6) is -0.0827. The van der Waals surface area contributed by atoms with Crippen LogP contribution in [-0.2, 0) is 19.1 Å². The Morgan fingerprint density at radius 2 is 1.45 bits per heavy atom. The van der Waals surface area contributed by atoms with Crippen LogP contribution in [0.4, 0.5) is 0 Å². The molecule has 0 radical (unpaired) electrons. The lowest BCUT2D eigenvalue weighted by Gasteiger charge is -2.25. The monoisotopic (exact) mass is 550 g/mol. The van der Waals surface area contributed by atoms with Gasteiger partial charge in [-0.2, -0.15) is 0 Å². The van der Waals surface area contributed by atoms with Gasteiger partial charge in [0.05, 0.1) is 14.2 Å². The van der Waals surface area contributed by atoms with Crippen LogP contribution < -0.4 is 23.7 Å². The molecule has 10 nitrogen and oxygen atoms in total. The minimum atomic E-state index is -1.28. The van der Waals surface area contributed by atoms with E-state index in [-0.39, 0.29) is 18.1 Å². The highest BCUT2D eigenvalue weighted by atomic mass is 16.6. The van der Waals surface area contributed by atoms with Gasteiger partial charge in [-0.3, -0.25) is 9.59 Å². The number of hydrogen-bond donors (Lipinski definition) is 1. The maximum absolute atomic E-state index is 12.5. The molecule has 0 bridgehead atoms. The number of ether oxygens (including phenoxy) is 6. The predicted octanol–water partition coefficient (Wildman–Crippen LogP) is 4.29. The average Bonchev–Trinajstić information content (AvgIpc) is 2.94. The molecule has 0 aliphatic rings. The molecule has 0 heterocycles. The number of carbonyl (C=O) groups excluding carboxylic acids is 3. The number of rotatable bonds is 12. The summed E-state index contributed by atoms with van der Waals surface area (Å²) in [6, 6.07) is 17.9. The van der Waals surface area contributed by atoms with Gasteiger partial charge in [-0.15, -0.1) is 0 Å². The zero-order valence-corrected chi connectivity index (χ0v) is 22.5. The fourth-order valence-corrected chi connectivity index (χ4v) is 3.58. The predicted molar refractivity (Wildman–Crippen MR) is 144 cm³/mol. The third-order valence-electron chi connectivity index (χ3n) is 5.43. The fraction of sp³-hybridized carbons (Fsp3) is 0.233. The molecule has 0 saturated carbocycles. The van der Waals surface area contributed by atoms with Crippen molar-refractivity contribution in [1.29, 1.82) is 0 Å². The Morgan fingerprint density at radius 3 is 2.08 bits per heavy atom. The molecule has 0 saturated heterocycles. The summed E-state index contributed by atoms with van der Waals surface area (Å²) < 4.78 is 32.2. The topological polar surface area (TPSA) is 127 Å². The highest BCUT2D eigenvalue weighted by molar-refractivity contribution is 5.87. The molecule has 0 spiro atoms. The van der Waals surface area contributed by atoms with Gasteiger partial charge in [-0.25, -0.2) is 4.79 Å². The zero-order valence-electron chi connectivity index (χ0n) is 22.5. The molecule has 210 valence electrons. The van der Waals surface area contributed by atoms with Crippen LogP contribution in [0.3, 0.4) is 0 Å². The molecule has 2 atom stereocenters. The van der Waals surface area contributed by atoms with E-state index in [1.807, 2.05) is 0 Å². The smallest absolute Gasteiger partial charge is 0.330 e. The average molecular weight is 551 g/mol. The standard InChI is InChI=1S/C30H30O10/c1-19(31)38-23-13-9-21(10-14-23)11-16-29(33)37-18-28(40-25-8-6-5-7-24(25)35-3)30(34)22-12-15-26(39-20(2)32)27(17-22)36-4/h5-17,28,30,34H,18H2,1-4H3/b16-11+/t28-,30-/m1/s1. The molecule has 3 aromatic carbocycles. The van der Waals surface area contributed by atoms with E-state index in [0.717, 1.165) is 0 Å². The van der Waals surface area contributed by atoms with Crippen molar-refractivity contribution in [3.05, 3.63) is 83.9 Å². The number of aliphatic hydroxyl groups is 1. The minimum Gasteiger partial charge on any atom is -0.493 e. The number of esters is 3. The van der Waals surface area contributed by atoms with Crippen molar-refractivity contribution in [2.24, 2.45) is 0 Å². The first-order chi connectivity index (χ1) is 19.2. The van der Waals surface area contributed by atoms with E-state index in [0.29, 0.717) is 28.4 Å². The van der Waals surface area contributed by atoms with Crippen molar-refractivity contribution in [3.8, 4) is 28.7 Å². The fourth-order valence-electron chi connectivity index (χ4n) is 3.58. The summed E-state index contributed by atoms with van der Waals surface area (Å²) in [6.45, 7) is 2.25. The van der Waals surface area contributed by atoms with E-state index in [2.05, 4.69) is 0 Å². The molecule has 1 N–H and O–H groups in total. The lowest BCUT2D eigenvalue weighted by atomic mass is 10.0. The third kappa shape index (κ3) is 8.60. The number of methoxy groups -OCH3 is 2. The van der Waals surface area contributed by atoms with Gasteiger partial charge in [0.2, 0.25) is 0 Å². The van der Waals surface area contributed by atoms with Gasteiger partial charge >= 0.3 is 17.9 Å². The normalized spacial score (nSPS) is 12.2. The van der Waals surface area contributed by atoms with Gasteiger partial charge in [0, 0.05) is 19.9 Å². The Balaban J connectivity index is 1.77. The van der Waals surface area contributed by atoms with Crippen LogP contribution in [0.1, 0.15) is 31.1 Å². The van der Waals surface area contributed by atoms with Crippen LogP contribution in [0, 0.1) is 0 Å². The molecular weight excluding hydrogens is 520 g/mol. The van der Waals surface area contributed by atoms with Gasteiger partial charge < -0.3 is 33.5 Å². The maximum atomic E-state index is 12.5. The molecule has 0 aromatic heterocycles. The zero-order chi connectivity index (χ0) is 29.1. The van der Waals surface area contributed by atoms with Gasteiger partial charge in [-0.1, -0.05) is 30.3 Å². The summed E-state index contributed by atoms with van der Waals surface area (Å²) in [4.78, 5) is 35.0. The van der Waals surface area contributed by atoms with E-state index in [1.165, 1.54) is 52.4 Å². The van der Waals surface area contributed by atoms with Gasteiger partial charge in [-0.05, 0) is 53.6 Å². The van der Waals surface area contributed by atoms with Crippen LogP contribution in [0.25, 0.3) is 6.08 Å². The van der Waals surface area contributed by atoms with Crippen molar-refractivity contribution in [2.45, 2.75) is 26.1 Å². The summed E-state index contributed by atoms with van der Waals surface area (Å²) >= 11 is 0. The number of carbonyl (C=O) groups is 3. The summed E-state index contributed by atoms with van der Waals surface area (Å²) in [5, 5.41) is 11.2. The maximum Gasteiger partial charge on any atom is 0.330 e. The Kier molecular flexibility index (Phi) is 10.7. The van der Waals surface area contributed by atoms with Gasteiger partial charge in [0.25, 0.3) is 0 Å². The first-order valence-electron chi connectivity index (χ1n) is 12.2. The molecule has 0 amide bonds. The van der Waals surface area contributed by atoms with Crippen LogP contribution in [0.15, 0.2) is 72.8 Å². The van der Waals surface area contributed by atoms with Crippen LogP contribution in [0.2, 0.25) is 0 Å². The molecule has 40 heavy (non-hydrogen) atoms. The summed E-state index contributed by atoms with van der Waals surface area (Å²) in [6.07, 6.45) is 0.423. The number of hydrogen-bond acceptors (Lipinski definition) is 10. The van der Waals surface area contributed by atoms with Crippen LogP contribution in [0.5, 0.6) is 28.7 Å². The second kappa shape index (κ2) is 14.4. The van der Waals surface area contributed by atoms with Crippen molar-refractivity contribution in [1.82, 2.24) is 0 Å². The van der Waals surface area contributed by atoms with Crippen molar-refractivity contribution in [3.63, 3.8) is 0 Å². The number of para-hydroxylation sites is 2. The van der Waals surface area contributed by atoms with Crippen molar-refractivity contribution in [2.75, 3.05) is 20.8 Å². The van der Waals surface area contributed by atoms with E-state index >= 15 is 0 Å².